The van der Waals surface area contributed by atoms with Gasteiger partial charge in [-0.25, -0.2) is 9.13 Å². The summed E-state index contributed by atoms with van der Waals surface area (Å²) in [7, 11) is 3.57. The Kier molecular flexibility index (Phi) is 19.8. The summed E-state index contributed by atoms with van der Waals surface area (Å²) in [4.78, 5) is 0. The van der Waals surface area contributed by atoms with Crippen molar-refractivity contribution in [2.75, 3.05) is 21.1 Å². The second kappa shape index (κ2) is 20.0. The molecule has 0 spiro atoms. The van der Waals surface area contributed by atoms with Gasteiger partial charge in [-0.3, -0.25) is 0 Å². The predicted molar refractivity (Wildman–Crippen MR) is 142 cm³/mol. The Morgan fingerprint density at radius 3 is 1.31 bits per heavy atom. The van der Waals surface area contributed by atoms with Gasteiger partial charge in [0.05, 0.1) is 21.1 Å². The zero-order valence-electron chi connectivity index (χ0n) is 22.5. The van der Waals surface area contributed by atoms with Crippen LogP contribution in [0.15, 0.2) is 12.2 Å². The number of quaternary nitrogens is 1. The molecule has 0 aromatic rings. The molecule has 0 bridgehead atoms. The molecular weight excluding hydrogens is 413 g/mol. The second-order valence-electron chi connectivity index (χ2n) is 10.7. The van der Waals surface area contributed by atoms with Crippen molar-refractivity contribution in [2.45, 2.75) is 148 Å². The third-order valence-electron chi connectivity index (χ3n) is 7.24. The van der Waals surface area contributed by atoms with E-state index in [-0.39, 0.29) is 0 Å². The lowest BCUT2D eigenvalue weighted by Gasteiger charge is -2.40. The van der Waals surface area contributed by atoms with E-state index in [0.717, 1.165) is 19.3 Å². The van der Waals surface area contributed by atoms with Crippen LogP contribution in [0.25, 0.3) is 0 Å². The van der Waals surface area contributed by atoms with Crippen LogP contribution in [0.3, 0.4) is 0 Å². The van der Waals surface area contributed by atoms with E-state index in [9.17, 15) is 9.13 Å². The summed E-state index contributed by atoms with van der Waals surface area (Å²) in [5.74, 6) is 0. The van der Waals surface area contributed by atoms with Crippen LogP contribution in [0.2, 0.25) is 0 Å². The minimum absolute atomic E-state index is 0.491. The van der Waals surface area contributed by atoms with Crippen LogP contribution in [0, 0.1) is 0 Å². The number of unbranched alkanes of at least 4 members (excludes halogenated alkanes) is 16. The molecule has 1 unspecified atom stereocenters. The zero-order valence-corrected chi connectivity index (χ0v) is 23.4. The predicted octanol–water partition coefficient (Wildman–Crippen LogP) is 9.96. The smallest absolute Gasteiger partial charge is 0.314 e. The van der Waals surface area contributed by atoms with E-state index in [1.165, 1.54) is 103 Å². The van der Waals surface area contributed by atoms with E-state index in [0.29, 0.717) is 10.9 Å². The molecule has 0 rings (SSSR count). The van der Waals surface area contributed by atoms with Crippen molar-refractivity contribution in [2.24, 2.45) is 0 Å². The Hall–Kier alpha value is -0.400. The summed E-state index contributed by atoms with van der Waals surface area (Å²) >= 11 is 0. The highest BCUT2D eigenvalue weighted by atomic mass is 31.1. The van der Waals surface area contributed by atoms with Crippen LogP contribution < -0.4 is 0 Å². The average molecular weight is 471 g/mol. The topological polar surface area (TPSA) is 34.1 Å². The fourth-order valence-corrected chi connectivity index (χ4v) is 5.91. The first-order valence-corrected chi connectivity index (χ1v) is 15.1. The fourth-order valence-electron chi connectivity index (χ4n) is 4.82. The number of hydrogen-bond donors (Lipinski definition) is 0. The molecule has 0 aromatic carbocycles. The van der Waals surface area contributed by atoms with E-state index >= 15 is 0 Å². The third kappa shape index (κ3) is 14.7. The third-order valence-corrected chi connectivity index (χ3v) is 9.06. The molecule has 32 heavy (non-hydrogen) atoms. The molecule has 0 N–H and O–H groups in total. The number of rotatable bonds is 23. The van der Waals surface area contributed by atoms with Crippen LogP contribution in [0.5, 0.6) is 0 Å². The lowest BCUT2D eigenvalue weighted by molar-refractivity contribution is -0.908. The maximum atomic E-state index is 11.9. The Balaban J connectivity index is 3.55. The fraction of sp³-hybridized carbons (Fsp3) is 0.929. The molecule has 0 amide bonds. The first-order chi connectivity index (χ1) is 15.3. The molecule has 0 fully saturated rings. The SMILES string of the molecule is CCCCCCCCCCCCCCCCCC=CCCCC(CC)(P(=O)=O)[N+](C)(C)C. The maximum absolute atomic E-state index is 11.9. The summed E-state index contributed by atoms with van der Waals surface area (Å²) in [6.45, 7) is 4.29. The molecule has 0 saturated heterocycles. The van der Waals surface area contributed by atoms with Crippen molar-refractivity contribution in [1.29, 1.82) is 0 Å². The van der Waals surface area contributed by atoms with Crippen molar-refractivity contribution >= 4 is 7.68 Å². The molecule has 0 aromatic heterocycles. The highest BCUT2D eigenvalue weighted by Crippen LogP contribution is 2.42. The molecule has 0 aliphatic heterocycles. The average Bonchev–Trinajstić information content (AvgIpc) is 2.74. The standard InChI is InChI=1S/C28H57NO2P/c1-6-8-9-10-11-12-13-14-15-16-17-18-19-20-21-22-23-24-25-26-27-28(7-2,32(30)31)29(3,4)5/h23-24H,6-22,25-27H2,1-5H3/q+1. The van der Waals surface area contributed by atoms with Gasteiger partial charge in [0.2, 0.25) is 5.28 Å². The van der Waals surface area contributed by atoms with Crippen molar-refractivity contribution in [1.82, 2.24) is 0 Å². The molecule has 1 atom stereocenters. The van der Waals surface area contributed by atoms with Gasteiger partial charge in [0.15, 0.2) is 0 Å². The van der Waals surface area contributed by atoms with Crippen LogP contribution in [-0.4, -0.2) is 30.9 Å². The quantitative estimate of drug-likeness (QED) is 0.0644. The molecule has 3 nitrogen and oxygen atoms in total. The number of hydrogen-bond acceptors (Lipinski definition) is 2. The summed E-state index contributed by atoms with van der Waals surface area (Å²) in [6.07, 6.45) is 30.2. The molecule has 0 aliphatic carbocycles. The van der Waals surface area contributed by atoms with Crippen molar-refractivity contribution < 1.29 is 13.6 Å². The summed E-state index contributed by atoms with van der Waals surface area (Å²) in [6, 6.07) is 0. The van der Waals surface area contributed by atoms with E-state index in [4.69, 9.17) is 0 Å². The molecule has 4 heteroatoms. The lowest BCUT2D eigenvalue weighted by Crippen LogP contribution is -2.53. The summed E-state index contributed by atoms with van der Waals surface area (Å²) in [5, 5.41) is -0.628. The Labute approximate surface area is 202 Å². The van der Waals surface area contributed by atoms with E-state index in [1.54, 1.807) is 0 Å². The first-order valence-electron chi connectivity index (χ1n) is 13.9. The number of nitrogens with zero attached hydrogens (tertiary/aromatic N) is 1. The molecule has 0 heterocycles. The van der Waals surface area contributed by atoms with Gasteiger partial charge in [0, 0.05) is 12.8 Å². The molecule has 190 valence electrons. The van der Waals surface area contributed by atoms with Gasteiger partial charge in [-0.1, -0.05) is 116 Å². The van der Waals surface area contributed by atoms with Gasteiger partial charge in [0.1, 0.15) is 0 Å². The van der Waals surface area contributed by atoms with Gasteiger partial charge >= 0.3 is 7.68 Å². The van der Waals surface area contributed by atoms with E-state index in [1.807, 2.05) is 28.1 Å². The van der Waals surface area contributed by atoms with Crippen molar-refractivity contribution in [3.8, 4) is 0 Å². The van der Waals surface area contributed by atoms with Crippen LogP contribution in [0.4, 0.5) is 0 Å². The van der Waals surface area contributed by atoms with Crippen molar-refractivity contribution in [3.63, 3.8) is 0 Å². The highest BCUT2D eigenvalue weighted by Gasteiger charge is 2.46. The summed E-state index contributed by atoms with van der Waals surface area (Å²) in [5.41, 5.74) is 0. The molecular formula is C28H57NO2P+. The van der Waals surface area contributed by atoms with Gasteiger partial charge in [-0.2, -0.15) is 0 Å². The molecule has 0 saturated carbocycles. The number of allylic oxidation sites excluding steroid dienone is 2. The monoisotopic (exact) mass is 470 g/mol. The first kappa shape index (κ1) is 31.6. The van der Waals surface area contributed by atoms with Gasteiger partial charge in [0.25, 0.3) is 0 Å². The van der Waals surface area contributed by atoms with Crippen LogP contribution >= 0.6 is 7.68 Å². The van der Waals surface area contributed by atoms with E-state index in [2.05, 4.69) is 19.1 Å². The maximum Gasteiger partial charge on any atom is 0.378 e. The normalized spacial score (nSPS) is 14.2. The Bertz CT molecular complexity index is 514. The second-order valence-corrected chi connectivity index (χ2v) is 12.1. The van der Waals surface area contributed by atoms with Gasteiger partial charge in [-0.15, -0.1) is 0 Å². The van der Waals surface area contributed by atoms with Gasteiger partial charge in [-0.05, 0) is 25.7 Å². The summed E-state index contributed by atoms with van der Waals surface area (Å²) < 4.78 is 24.4. The van der Waals surface area contributed by atoms with Crippen LogP contribution in [0.1, 0.15) is 142 Å². The van der Waals surface area contributed by atoms with Crippen molar-refractivity contribution in [3.05, 3.63) is 12.2 Å². The lowest BCUT2D eigenvalue weighted by atomic mass is 10.0. The molecule has 0 aliphatic rings. The van der Waals surface area contributed by atoms with Gasteiger partial charge < -0.3 is 4.48 Å². The minimum Gasteiger partial charge on any atom is -0.314 e. The van der Waals surface area contributed by atoms with E-state index < -0.39 is 13.0 Å². The largest absolute Gasteiger partial charge is 0.378 e. The minimum atomic E-state index is -2.43. The molecule has 0 radical (unpaired) electrons. The Morgan fingerprint density at radius 1 is 0.594 bits per heavy atom. The van der Waals surface area contributed by atoms with Crippen LogP contribution in [-0.2, 0) is 9.13 Å². The highest BCUT2D eigenvalue weighted by molar-refractivity contribution is 7.32. The zero-order chi connectivity index (χ0) is 24.1. The Morgan fingerprint density at radius 2 is 0.969 bits per heavy atom.